The predicted octanol–water partition coefficient (Wildman–Crippen LogP) is 1.91. The van der Waals surface area contributed by atoms with Gasteiger partial charge < -0.3 is 10.2 Å². The summed E-state index contributed by atoms with van der Waals surface area (Å²) in [6.07, 6.45) is 3.70. The summed E-state index contributed by atoms with van der Waals surface area (Å²) in [5, 5.41) is 3.49. The van der Waals surface area contributed by atoms with E-state index in [2.05, 4.69) is 54.6 Å². The number of aryl methyl sites for hydroxylation is 1. The first kappa shape index (κ1) is 11.6. The van der Waals surface area contributed by atoms with Gasteiger partial charge in [0.25, 0.3) is 0 Å². The molecule has 0 amide bonds. The normalized spacial score (nSPS) is 25.2. The van der Waals surface area contributed by atoms with E-state index in [-0.39, 0.29) is 0 Å². The summed E-state index contributed by atoms with van der Waals surface area (Å²) in [6.45, 7) is 2.29. The lowest BCUT2D eigenvalue weighted by atomic mass is 9.89. The molecule has 0 aliphatic carbocycles. The highest BCUT2D eigenvalue weighted by molar-refractivity contribution is 5.15. The van der Waals surface area contributed by atoms with E-state index in [4.69, 9.17) is 0 Å². The van der Waals surface area contributed by atoms with Gasteiger partial charge in [-0.2, -0.15) is 0 Å². The zero-order valence-electron chi connectivity index (χ0n) is 10.4. The molecular weight excluding hydrogens is 196 g/mol. The third kappa shape index (κ3) is 2.45. The average Bonchev–Trinajstić information content (AvgIpc) is 2.78. The minimum Gasteiger partial charge on any atom is -0.315 e. The van der Waals surface area contributed by atoms with Gasteiger partial charge in [0.15, 0.2) is 0 Å². The number of nitrogens with zero attached hydrogens (tertiary/aromatic N) is 1. The van der Waals surface area contributed by atoms with Gasteiger partial charge in [-0.3, -0.25) is 0 Å². The third-order valence-corrected chi connectivity index (χ3v) is 3.89. The molecule has 1 heterocycles. The number of hydrogen-bond donors (Lipinski definition) is 1. The van der Waals surface area contributed by atoms with Crippen molar-refractivity contribution in [3.63, 3.8) is 0 Å². The van der Waals surface area contributed by atoms with Crippen LogP contribution in [0.4, 0.5) is 0 Å². The maximum atomic E-state index is 3.49. The molecule has 2 rings (SSSR count). The van der Waals surface area contributed by atoms with Gasteiger partial charge in [-0.1, -0.05) is 30.3 Å². The molecule has 1 unspecified atom stereocenters. The van der Waals surface area contributed by atoms with Crippen molar-refractivity contribution in [3.8, 4) is 0 Å². The minimum atomic E-state index is 0.371. The monoisotopic (exact) mass is 218 g/mol. The summed E-state index contributed by atoms with van der Waals surface area (Å²) in [5.74, 6) is 0. The molecule has 2 nitrogen and oxygen atoms in total. The molecular formula is C14H22N2. The molecule has 1 atom stereocenters. The molecule has 1 N–H and O–H groups in total. The van der Waals surface area contributed by atoms with Crippen LogP contribution < -0.4 is 5.32 Å². The second-order valence-corrected chi connectivity index (χ2v) is 5.03. The van der Waals surface area contributed by atoms with E-state index in [0.717, 1.165) is 13.1 Å². The van der Waals surface area contributed by atoms with Crippen molar-refractivity contribution < 1.29 is 0 Å². The van der Waals surface area contributed by atoms with Crippen molar-refractivity contribution in [3.05, 3.63) is 35.9 Å². The molecule has 1 fully saturated rings. The summed E-state index contributed by atoms with van der Waals surface area (Å²) >= 11 is 0. The molecule has 0 aromatic heterocycles. The summed E-state index contributed by atoms with van der Waals surface area (Å²) in [6, 6.07) is 10.8. The fourth-order valence-electron chi connectivity index (χ4n) is 2.57. The number of likely N-dealkylation sites (N-methyl/N-ethyl adjacent to an activating group) is 1. The maximum absolute atomic E-state index is 3.49. The number of rotatable bonds is 4. The first-order chi connectivity index (χ1) is 7.73. The highest BCUT2D eigenvalue weighted by atomic mass is 15.2. The van der Waals surface area contributed by atoms with Crippen molar-refractivity contribution in [2.45, 2.75) is 24.8 Å². The largest absolute Gasteiger partial charge is 0.315 e. The van der Waals surface area contributed by atoms with Crippen LogP contribution in [-0.2, 0) is 6.42 Å². The SMILES string of the molecule is CN(C)C1(CCc2ccccc2)CCNC1. The quantitative estimate of drug-likeness (QED) is 0.830. The Balaban J connectivity index is 1.97. The fourth-order valence-corrected chi connectivity index (χ4v) is 2.57. The molecule has 88 valence electrons. The smallest absolute Gasteiger partial charge is 0.0343 e. The average molecular weight is 218 g/mol. The maximum Gasteiger partial charge on any atom is 0.0343 e. The Morgan fingerprint density at radius 3 is 2.56 bits per heavy atom. The number of hydrogen-bond acceptors (Lipinski definition) is 2. The lowest BCUT2D eigenvalue weighted by Gasteiger charge is -2.35. The summed E-state index contributed by atoms with van der Waals surface area (Å²) < 4.78 is 0. The van der Waals surface area contributed by atoms with Gasteiger partial charge in [-0.15, -0.1) is 0 Å². The number of benzene rings is 1. The topological polar surface area (TPSA) is 15.3 Å². The van der Waals surface area contributed by atoms with Crippen LogP contribution in [0.1, 0.15) is 18.4 Å². The Morgan fingerprint density at radius 2 is 2.00 bits per heavy atom. The third-order valence-electron chi connectivity index (χ3n) is 3.89. The first-order valence-electron chi connectivity index (χ1n) is 6.15. The molecule has 1 aliphatic rings. The summed E-state index contributed by atoms with van der Waals surface area (Å²) in [4.78, 5) is 2.40. The number of nitrogens with one attached hydrogen (secondary N) is 1. The Bertz CT molecular complexity index is 313. The second-order valence-electron chi connectivity index (χ2n) is 5.03. The van der Waals surface area contributed by atoms with Crippen molar-refractivity contribution in [1.82, 2.24) is 10.2 Å². The van der Waals surface area contributed by atoms with Gasteiger partial charge in [0, 0.05) is 12.1 Å². The lowest BCUT2D eigenvalue weighted by molar-refractivity contribution is 0.161. The molecule has 16 heavy (non-hydrogen) atoms. The van der Waals surface area contributed by atoms with E-state index >= 15 is 0 Å². The molecule has 1 aliphatic heterocycles. The van der Waals surface area contributed by atoms with E-state index < -0.39 is 0 Å². The Labute approximate surface area is 98.7 Å². The van der Waals surface area contributed by atoms with E-state index in [0.29, 0.717) is 5.54 Å². The van der Waals surface area contributed by atoms with Gasteiger partial charge in [0.05, 0.1) is 0 Å². The highest BCUT2D eigenvalue weighted by Crippen LogP contribution is 2.26. The molecule has 0 spiro atoms. The van der Waals surface area contributed by atoms with Crippen LogP contribution in [0.5, 0.6) is 0 Å². The van der Waals surface area contributed by atoms with Crippen molar-refractivity contribution in [1.29, 1.82) is 0 Å². The van der Waals surface area contributed by atoms with Gasteiger partial charge in [-0.05, 0) is 45.5 Å². The molecule has 0 radical (unpaired) electrons. The summed E-state index contributed by atoms with van der Waals surface area (Å²) in [7, 11) is 4.41. The first-order valence-corrected chi connectivity index (χ1v) is 6.15. The zero-order chi connectivity index (χ0) is 11.4. The van der Waals surface area contributed by atoms with Gasteiger partial charge in [0.2, 0.25) is 0 Å². The fraction of sp³-hybridized carbons (Fsp3) is 0.571. The lowest BCUT2D eigenvalue weighted by Crippen LogP contribution is -2.46. The molecule has 1 saturated heterocycles. The molecule has 0 bridgehead atoms. The van der Waals surface area contributed by atoms with Crippen LogP contribution in [0, 0.1) is 0 Å². The van der Waals surface area contributed by atoms with E-state index in [1.165, 1.54) is 24.8 Å². The van der Waals surface area contributed by atoms with E-state index in [9.17, 15) is 0 Å². The molecule has 1 aromatic rings. The zero-order valence-corrected chi connectivity index (χ0v) is 10.4. The van der Waals surface area contributed by atoms with Crippen LogP contribution in [-0.4, -0.2) is 37.6 Å². The Hall–Kier alpha value is -0.860. The van der Waals surface area contributed by atoms with Gasteiger partial charge >= 0.3 is 0 Å². The minimum absolute atomic E-state index is 0.371. The predicted molar refractivity (Wildman–Crippen MR) is 68.7 cm³/mol. The van der Waals surface area contributed by atoms with Crippen LogP contribution in [0.25, 0.3) is 0 Å². The van der Waals surface area contributed by atoms with Crippen LogP contribution in [0.2, 0.25) is 0 Å². The Morgan fingerprint density at radius 1 is 1.25 bits per heavy atom. The highest BCUT2D eigenvalue weighted by Gasteiger charge is 2.35. The molecule has 2 heteroatoms. The van der Waals surface area contributed by atoms with Gasteiger partial charge in [-0.25, -0.2) is 0 Å². The van der Waals surface area contributed by atoms with Crippen molar-refractivity contribution in [2.75, 3.05) is 27.2 Å². The van der Waals surface area contributed by atoms with Crippen molar-refractivity contribution in [2.24, 2.45) is 0 Å². The van der Waals surface area contributed by atoms with Crippen LogP contribution >= 0.6 is 0 Å². The molecule has 1 aromatic carbocycles. The standard InChI is InChI=1S/C14H22N2/c1-16(2)14(10-11-15-12-14)9-8-13-6-4-3-5-7-13/h3-7,15H,8-12H2,1-2H3. The summed E-state index contributed by atoms with van der Waals surface area (Å²) in [5.41, 5.74) is 1.83. The molecule has 0 saturated carbocycles. The van der Waals surface area contributed by atoms with Gasteiger partial charge in [0.1, 0.15) is 0 Å². The van der Waals surface area contributed by atoms with E-state index in [1.807, 2.05) is 0 Å². The Kier molecular flexibility index (Phi) is 3.62. The van der Waals surface area contributed by atoms with Crippen molar-refractivity contribution >= 4 is 0 Å². The second kappa shape index (κ2) is 4.98. The van der Waals surface area contributed by atoms with E-state index in [1.54, 1.807) is 0 Å². The van der Waals surface area contributed by atoms with Crippen LogP contribution in [0.15, 0.2) is 30.3 Å². The van der Waals surface area contributed by atoms with Crippen LogP contribution in [0.3, 0.4) is 0 Å².